The molecule has 12 nitrogen and oxygen atoms in total. The second-order valence-corrected chi connectivity index (χ2v) is 4.20. The molecule has 0 spiro atoms. The number of carbonyl (C=O) groups is 1. The molecule has 0 aliphatic heterocycles. The zero-order valence-electron chi connectivity index (χ0n) is 15.0. The summed E-state index contributed by atoms with van der Waals surface area (Å²) in [5.41, 5.74) is 5.33. The van der Waals surface area contributed by atoms with Crippen LogP contribution in [-0.2, 0) is 4.74 Å². The van der Waals surface area contributed by atoms with Gasteiger partial charge in [0.05, 0.1) is 47.7 Å². The van der Waals surface area contributed by atoms with Gasteiger partial charge in [-0.25, -0.2) is 4.79 Å². The molecule has 0 bridgehead atoms. The quantitative estimate of drug-likeness (QED) is 0.768. The lowest BCUT2D eigenvalue weighted by Gasteiger charge is -2.06. The van der Waals surface area contributed by atoms with Crippen LogP contribution in [0, 0.1) is 0 Å². The van der Waals surface area contributed by atoms with Gasteiger partial charge < -0.3 is 29.4 Å². The first kappa shape index (κ1) is 20.5. The summed E-state index contributed by atoms with van der Waals surface area (Å²) in [4.78, 5) is 26.1. The van der Waals surface area contributed by atoms with Gasteiger partial charge in [-0.15, -0.1) is 0 Å². The number of nitrogens with zero attached hydrogens (tertiary/aromatic N) is 4. The van der Waals surface area contributed by atoms with E-state index >= 15 is 0 Å². The zero-order valence-corrected chi connectivity index (χ0v) is 15.0. The summed E-state index contributed by atoms with van der Waals surface area (Å²) >= 11 is 0. The Labute approximate surface area is 149 Å². The lowest BCUT2D eigenvalue weighted by atomic mass is 10.6. The maximum Gasteiger partial charge on any atom is 0.413 e. The van der Waals surface area contributed by atoms with Crippen LogP contribution >= 0.6 is 0 Å². The molecule has 0 aromatic carbocycles. The standard InChI is InChI=1S/C8H11N3O4.C6H9N3O2/c1-13-5-4-6(14-2)10-7(9-5)11-8(12)15-3;1-10-4-3-5(11-2)9-6(7)8-4/h4H,1-3H3,(H,9,10,11,12);3H,1-2H3,(H2,7,8,9). The van der Waals surface area contributed by atoms with E-state index in [2.05, 4.69) is 30.0 Å². The number of hydrogen-bond donors (Lipinski definition) is 2. The Hall–Kier alpha value is -3.57. The van der Waals surface area contributed by atoms with Crippen molar-refractivity contribution in [2.45, 2.75) is 0 Å². The number of hydrogen-bond acceptors (Lipinski definition) is 11. The van der Waals surface area contributed by atoms with Crippen molar-refractivity contribution in [1.29, 1.82) is 0 Å². The molecule has 0 saturated carbocycles. The average molecular weight is 368 g/mol. The summed E-state index contributed by atoms with van der Waals surface area (Å²) in [5, 5.41) is 2.30. The maximum absolute atomic E-state index is 10.9. The number of ether oxygens (including phenoxy) is 5. The van der Waals surface area contributed by atoms with E-state index < -0.39 is 6.09 Å². The molecule has 12 heteroatoms. The number of methoxy groups -OCH3 is 5. The summed E-state index contributed by atoms with van der Waals surface area (Å²) in [6, 6.07) is 3.04. The molecule has 3 N–H and O–H groups in total. The third-order valence-electron chi connectivity index (χ3n) is 2.61. The molecule has 0 unspecified atom stereocenters. The van der Waals surface area contributed by atoms with Crippen LogP contribution in [0.4, 0.5) is 16.7 Å². The number of anilines is 2. The highest BCUT2D eigenvalue weighted by atomic mass is 16.5. The van der Waals surface area contributed by atoms with E-state index in [1.165, 1.54) is 41.6 Å². The molecule has 26 heavy (non-hydrogen) atoms. The molecule has 2 rings (SSSR count). The molecule has 0 saturated heterocycles. The van der Waals surface area contributed by atoms with Crippen molar-refractivity contribution < 1.29 is 28.5 Å². The Morgan fingerprint density at radius 3 is 1.54 bits per heavy atom. The van der Waals surface area contributed by atoms with E-state index in [9.17, 15) is 4.79 Å². The molecular formula is C14H20N6O6. The highest BCUT2D eigenvalue weighted by Gasteiger charge is 2.08. The first-order valence-electron chi connectivity index (χ1n) is 7.00. The SMILES string of the molecule is COC(=O)Nc1nc(OC)cc(OC)n1.COc1cc(OC)nc(N)n1. The molecule has 0 aliphatic carbocycles. The Kier molecular flexibility index (Phi) is 8.13. The second kappa shape index (κ2) is 10.3. The van der Waals surface area contributed by atoms with Gasteiger partial charge in [-0.05, 0) is 0 Å². The van der Waals surface area contributed by atoms with Crippen LogP contribution in [0.3, 0.4) is 0 Å². The topological polar surface area (TPSA) is 153 Å². The molecule has 142 valence electrons. The molecule has 2 aromatic heterocycles. The highest BCUT2D eigenvalue weighted by molar-refractivity contribution is 5.82. The van der Waals surface area contributed by atoms with Gasteiger partial charge in [-0.3, -0.25) is 5.32 Å². The van der Waals surface area contributed by atoms with Gasteiger partial charge >= 0.3 is 6.09 Å². The van der Waals surface area contributed by atoms with Crippen molar-refractivity contribution in [2.24, 2.45) is 0 Å². The van der Waals surface area contributed by atoms with E-state index in [4.69, 9.17) is 24.7 Å². The Bertz CT molecular complexity index is 685. The molecule has 2 heterocycles. The number of rotatable bonds is 5. The smallest absolute Gasteiger partial charge is 0.413 e. The largest absolute Gasteiger partial charge is 0.481 e. The van der Waals surface area contributed by atoms with Crippen LogP contribution in [0.15, 0.2) is 12.1 Å². The summed E-state index contributed by atoms with van der Waals surface area (Å²) in [6.07, 6.45) is -0.662. The molecule has 0 radical (unpaired) electrons. The summed E-state index contributed by atoms with van der Waals surface area (Å²) < 4.78 is 23.8. The molecule has 0 atom stereocenters. The minimum absolute atomic E-state index is 0.0538. The van der Waals surface area contributed by atoms with E-state index in [0.29, 0.717) is 11.8 Å². The number of amides is 1. The number of nitrogens with one attached hydrogen (secondary N) is 1. The third kappa shape index (κ3) is 6.51. The van der Waals surface area contributed by atoms with E-state index in [1.54, 1.807) is 6.07 Å². The van der Waals surface area contributed by atoms with Gasteiger partial charge in [0.2, 0.25) is 35.4 Å². The van der Waals surface area contributed by atoms with Crippen molar-refractivity contribution in [3.63, 3.8) is 0 Å². The molecule has 0 aliphatic rings. The fourth-order valence-corrected chi connectivity index (χ4v) is 1.44. The molecular weight excluding hydrogens is 348 g/mol. The molecule has 1 amide bonds. The van der Waals surface area contributed by atoms with Crippen LogP contribution in [0.5, 0.6) is 23.5 Å². The van der Waals surface area contributed by atoms with E-state index in [0.717, 1.165) is 0 Å². The first-order chi connectivity index (χ1) is 12.4. The summed E-state index contributed by atoms with van der Waals surface area (Å²) in [7, 11) is 7.14. The fourth-order valence-electron chi connectivity index (χ4n) is 1.44. The number of carbonyl (C=O) groups excluding carboxylic acids is 1. The van der Waals surface area contributed by atoms with Gasteiger partial charge in [-0.1, -0.05) is 0 Å². The number of nitrogen functional groups attached to an aromatic ring is 1. The van der Waals surface area contributed by atoms with Gasteiger partial charge in [0.15, 0.2) is 0 Å². The van der Waals surface area contributed by atoms with Gasteiger partial charge in [-0.2, -0.15) is 19.9 Å². The normalized spacial score (nSPS) is 9.27. The van der Waals surface area contributed by atoms with Crippen LogP contribution in [0.1, 0.15) is 0 Å². The average Bonchev–Trinajstić information content (AvgIpc) is 2.67. The molecule has 0 fully saturated rings. The predicted molar refractivity (Wildman–Crippen MR) is 90.7 cm³/mol. The van der Waals surface area contributed by atoms with Crippen molar-refractivity contribution in [1.82, 2.24) is 19.9 Å². The van der Waals surface area contributed by atoms with Crippen molar-refractivity contribution >= 4 is 18.0 Å². The minimum atomic E-state index is -0.662. The van der Waals surface area contributed by atoms with Crippen LogP contribution < -0.4 is 30.0 Å². The Morgan fingerprint density at radius 1 is 0.808 bits per heavy atom. The maximum atomic E-state index is 10.9. The lowest BCUT2D eigenvalue weighted by Crippen LogP contribution is -2.14. The summed E-state index contributed by atoms with van der Waals surface area (Å²) in [6.45, 7) is 0. The van der Waals surface area contributed by atoms with E-state index in [-0.39, 0.29) is 23.7 Å². The Morgan fingerprint density at radius 2 is 1.19 bits per heavy atom. The van der Waals surface area contributed by atoms with Crippen LogP contribution in [-0.4, -0.2) is 61.6 Å². The van der Waals surface area contributed by atoms with Crippen molar-refractivity contribution in [3.8, 4) is 23.5 Å². The fraction of sp³-hybridized carbons (Fsp3) is 0.357. The highest BCUT2D eigenvalue weighted by Crippen LogP contribution is 2.17. The summed E-state index contributed by atoms with van der Waals surface area (Å²) in [5.74, 6) is 1.56. The van der Waals surface area contributed by atoms with Gasteiger partial charge in [0.1, 0.15) is 0 Å². The van der Waals surface area contributed by atoms with Crippen molar-refractivity contribution in [3.05, 3.63) is 12.1 Å². The zero-order chi connectivity index (χ0) is 19.5. The second-order valence-electron chi connectivity index (χ2n) is 4.20. The first-order valence-corrected chi connectivity index (χ1v) is 7.00. The van der Waals surface area contributed by atoms with E-state index in [1.807, 2.05) is 0 Å². The van der Waals surface area contributed by atoms with Gasteiger partial charge in [0.25, 0.3) is 0 Å². The van der Waals surface area contributed by atoms with Gasteiger partial charge in [0, 0.05) is 0 Å². The van der Waals surface area contributed by atoms with Crippen LogP contribution in [0.2, 0.25) is 0 Å². The Balaban J connectivity index is 0.000000273. The monoisotopic (exact) mass is 368 g/mol. The lowest BCUT2D eigenvalue weighted by molar-refractivity contribution is 0.186. The minimum Gasteiger partial charge on any atom is -0.481 e. The molecule has 2 aromatic rings. The third-order valence-corrected chi connectivity index (χ3v) is 2.61. The van der Waals surface area contributed by atoms with Crippen molar-refractivity contribution in [2.75, 3.05) is 46.6 Å². The van der Waals surface area contributed by atoms with Crippen LogP contribution in [0.25, 0.3) is 0 Å². The predicted octanol–water partition coefficient (Wildman–Crippen LogP) is 0.748. The number of aromatic nitrogens is 4. The number of nitrogens with two attached hydrogens (primary N) is 1.